The second-order valence-electron chi connectivity index (χ2n) is 10.4. The van der Waals surface area contributed by atoms with Crippen LogP contribution in [0.3, 0.4) is 0 Å². The van der Waals surface area contributed by atoms with Crippen molar-refractivity contribution >= 4 is 16.8 Å². The molecule has 1 atom stereocenters. The first-order chi connectivity index (χ1) is 18.7. The summed E-state index contributed by atoms with van der Waals surface area (Å²) in [6.07, 6.45) is -4.69. The highest BCUT2D eigenvalue weighted by Crippen LogP contribution is 2.39. The number of alkyl halides is 5. The van der Waals surface area contributed by atoms with Gasteiger partial charge in [0.15, 0.2) is 0 Å². The first-order valence-corrected chi connectivity index (χ1v) is 13.1. The minimum absolute atomic E-state index is 0.0107. The molecule has 0 bridgehead atoms. The predicted octanol–water partition coefficient (Wildman–Crippen LogP) is 5.36. The zero-order valence-electron chi connectivity index (χ0n) is 22.8. The van der Waals surface area contributed by atoms with Gasteiger partial charge in [0.25, 0.3) is 11.5 Å². The number of pyridine rings is 1. The molecule has 1 aliphatic heterocycles. The van der Waals surface area contributed by atoms with Gasteiger partial charge < -0.3 is 19.6 Å². The van der Waals surface area contributed by atoms with E-state index in [1.807, 2.05) is 42.7 Å². The summed E-state index contributed by atoms with van der Waals surface area (Å²) in [6, 6.07) is 8.93. The van der Waals surface area contributed by atoms with E-state index in [9.17, 15) is 31.5 Å². The summed E-state index contributed by atoms with van der Waals surface area (Å²) < 4.78 is 72.5. The third kappa shape index (κ3) is 5.72. The van der Waals surface area contributed by atoms with Crippen molar-refractivity contribution in [2.75, 3.05) is 26.7 Å². The number of piperidine rings is 1. The van der Waals surface area contributed by atoms with Crippen LogP contribution in [0.4, 0.5) is 22.0 Å². The van der Waals surface area contributed by atoms with Gasteiger partial charge in [0.2, 0.25) is 0 Å². The summed E-state index contributed by atoms with van der Waals surface area (Å²) in [4.78, 5) is 29.8. The van der Waals surface area contributed by atoms with Crippen LogP contribution in [0.1, 0.15) is 53.1 Å². The fourth-order valence-electron chi connectivity index (χ4n) is 5.67. The average molecular weight is 569 g/mol. The number of para-hydroxylation sites is 1. The molecule has 1 aliphatic rings. The molecule has 1 unspecified atom stereocenters. The smallest absolute Gasteiger partial charge is 0.454 e. The summed E-state index contributed by atoms with van der Waals surface area (Å²) in [7, 11) is 1.45. The maximum Gasteiger partial charge on any atom is 0.454 e. The van der Waals surface area contributed by atoms with Gasteiger partial charge in [-0.2, -0.15) is 22.0 Å². The quantitative estimate of drug-likeness (QED) is 0.359. The van der Waals surface area contributed by atoms with Crippen molar-refractivity contribution < 1.29 is 31.5 Å². The molecule has 0 saturated carbocycles. The Morgan fingerprint density at radius 1 is 1.15 bits per heavy atom. The van der Waals surface area contributed by atoms with E-state index in [2.05, 4.69) is 10.3 Å². The fraction of sp³-hybridized carbons (Fsp3) is 0.500. The van der Waals surface area contributed by atoms with Crippen molar-refractivity contribution in [3.05, 3.63) is 63.2 Å². The third-order valence-corrected chi connectivity index (χ3v) is 7.82. The fourth-order valence-corrected chi connectivity index (χ4v) is 5.67. The Morgan fingerprint density at radius 2 is 1.80 bits per heavy atom. The Morgan fingerprint density at radius 3 is 2.42 bits per heavy atom. The number of amides is 1. The van der Waals surface area contributed by atoms with Gasteiger partial charge in [-0.05, 0) is 64.8 Å². The van der Waals surface area contributed by atoms with Crippen LogP contribution in [0, 0.1) is 19.8 Å². The number of methoxy groups -OCH3 is 1. The van der Waals surface area contributed by atoms with Crippen LogP contribution in [0.25, 0.3) is 10.9 Å². The molecule has 40 heavy (non-hydrogen) atoms. The number of aromatic nitrogens is 2. The number of nitrogens with one attached hydrogen (secondary N) is 2. The largest absolute Gasteiger partial charge is 0.496 e. The highest BCUT2D eigenvalue weighted by atomic mass is 19.4. The number of hydrogen-bond donors (Lipinski definition) is 2. The van der Waals surface area contributed by atoms with E-state index >= 15 is 0 Å². The first-order valence-electron chi connectivity index (χ1n) is 13.1. The Hall–Kier alpha value is -3.41. The standard InChI is InChI=1S/C28H33F5N4O3/c1-16-13-23(40-4)21(25(38)35-16)14-34-26(39)24-18(3)37(22-8-6-5-7-20(22)24)17(2)19-9-11-36(12-10-19)15-27(29,30)28(31,32)33/h5-8,13,17,19H,9-12,14-15H2,1-4H3,(H,34,39)(H,35,38). The lowest BCUT2D eigenvalue weighted by Gasteiger charge is -2.37. The number of aryl methyl sites for hydroxylation is 1. The number of benzene rings is 1. The molecule has 3 heterocycles. The van der Waals surface area contributed by atoms with E-state index < -0.39 is 18.6 Å². The van der Waals surface area contributed by atoms with Crippen molar-refractivity contribution in [2.45, 2.75) is 58.3 Å². The summed E-state index contributed by atoms with van der Waals surface area (Å²) >= 11 is 0. The summed E-state index contributed by atoms with van der Waals surface area (Å²) in [5.41, 5.74) is 2.52. The highest BCUT2D eigenvalue weighted by molar-refractivity contribution is 6.08. The van der Waals surface area contributed by atoms with Crippen LogP contribution < -0.4 is 15.6 Å². The van der Waals surface area contributed by atoms with Crippen molar-refractivity contribution in [1.82, 2.24) is 19.8 Å². The average Bonchev–Trinajstić information content (AvgIpc) is 3.18. The number of carbonyl (C=O) groups excluding carboxylic acids is 1. The molecule has 0 aliphatic carbocycles. The second-order valence-corrected chi connectivity index (χ2v) is 10.4. The Balaban J connectivity index is 1.54. The van der Waals surface area contributed by atoms with E-state index in [0.717, 1.165) is 15.8 Å². The van der Waals surface area contributed by atoms with Gasteiger partial charge in [0.05, 0.1) is 31.3 Å². The summed E-state index contributed by atoms with van der Waals surface area (Å²) in [5, 5.41) is 3.55. The summed E-state index contributed by atoms with van der Waals surface area (Å²) in [5.74, 6) is -4.75. The maximum atomic E-state index is 13.6. The van der Waals surface area contributed by atoms with Crippen molar-refractivity contribution in [3.8, 4) is 5.75 Å². The van der Waals surface area contributed by atoms with Crippen LogP contribution in [0.2, 0.25) is 0 Å². The summed E-state index contributed by atoms with van der Waals surface area (Å²) in [6.45, 7) is 4.38. The number of likely N-dealkylation sites (tertiary alicyclic amines) is 1. The van der Waals surface area contributed by atoms with Crippen LogP contribution in [0.5, 0.6) is 5.75 Å². The topological polar surface area (TPSA) is 79.4 Å². The molecule has 4 rings (SSSR count). The maximum absolute atomic E-state index is 13.6. The van der Waals surface area contributed by atoms with Crippen LogP contribution in [-0.2, 0) is 6.54 Å². The lowest BCUT2D eigenvalue weighted by molar-refractivity contribution is -0.287. The predicted molar refractivity (Wildman–Crippen MR) is 141 cm³/mol. The molecule has 3 aromatic rings. The molecule has 2 aromatic heterocycles. The number of ether oxygens (including phenoxy) is 1. The first kappa shape index (κ1) is 29.6. The SMILES string of the molecule is COc1cc(C)[nH]c(=O)c1CNC(=O)c1c(C)n(C(C)C2CCN(CC(F)(F)C(F)(F)F)CC2)c2ccccc12. The van der Waals surface area contributed by atoms with Crippen LogP contribution in [-0.4, -0.2) is 59.2 Å². The minimum Gasteiger partial charge on any atom is -0.496 e. The van der Waals surface area contributed by atoms with Gasteiger partial charge in [-0.25, -0.2) is 0 Å². The zero-order chi connectivity index (χ0) is 29.4. The number of nitrogens with zero attached hydrogens (tertiary/aromatic N) is 2. The Kier molecular flexibility index (Phi) is 8.30. The number of rotatable bonds is 8. The lowest BCUT2D eigenvalue weighted by atomic mass is 9.89. The van der Waals surface area contributed by atoms with Crippen LogP contribution in [0.15, 0.2) is 35.1 Å². The monoisotopic (exact) mass is 568 g/mol. The van der Waals surface area contributed by atoms with E-state index in [0.29, 0.717) is 41.1 Å². The molecule has 0 radical (unpaired) electrons. The van der Waals surface area contributed by atoms with Crippen molar-refractivity contribution in [1.29, 1.82) is 0 Å². The van der Waals surface area contributed by atoms with E-state index in [1.54, 1.807) is 13.0 Å². The second kappa shape index (κ2) is 11.2. The number of fused-ring (bicyclic) bond motifs is 1. The molecule has 12 heteroatoms. The van der Waals surface area contributed by atoms with E-state index in [1.165, 1.54) is 7.11 Å². The van der Waals surface area contributed by atoms with Gasteiger partial charge in [0, 0.05) is 28.3 Å². The molecule has 7 nitrogen and oxygen atoms in total. The molecular weight excluding hydrogens is 535 g/mol. The number of halogens is 5. The van der Waals surface area contributed by atoms with Crippen molar-refractivity contribution in [3.63, 3.8) is 0 Å². The number of carbonyl (C=O) groups is 1. The molecule has 1 amide bonds. The number of H-pyrrole nitrogens is 1. The molecule has 1 fully saturated rings. The van der Waals surface area contributed by atoms with Gasteiger partial charge in [-0.15, -0.1) is 0 Å². The van der Waals surface area contributed by atoms with E-state index in [-0.39, 0.29) is 43.1 Å². The van der Waals surface area contributed by atoms with Gasteiger partial charge in [-0.3, -0.25) is 14.5 Å². The van der Waals surface area contributed by atoms with Crippen LogP contribution >= 0.6 is 0 Å². The minimum atomic E-state index is -5.58. The Bertz CT molecular complexity index is 1440. The molecule has 1 saturated heterocycles. The van der Waals surface area contributed by atoms with Gasteiger partial charge in [-0.1, -0.05) is 18.2 Å². The number of hydrogen-bond acceptors (Lipinski definition) is 4. The van der Waals surface area contributed by atoms with Gasteiger partial charge >= 0.3 is 12.1 Å². The molecule has 218 valence electrons. The Labute approximate surface area is 228 Å². The zero-order valence-corrected chi connectivity index (χ0v) is 22.8. The van der Waals surface area contributed by atoms with Gasteiger partial charge in [0.1, 0.15) is 5.75 Å². The molecule has 0 spiro atoms. The number of aromatic amines is 1. The van der Waals surface area contributed by atoms with E-state index in [4.69, 9.17) is 4.74 Å². The molecule has 2 N–H and O–H groups in total. The normalized spacial score (nSPS) is 16.3. The lowest BCUT2D eigenvalue weighted by Crippen LogP contribution is -2.49. The molecule has 1 aromatic carbocycles. The molecular formula is C28H33F5N4O3. The highest BCUT2D eigenvalue weighted by Gasteiger charge is 2.58. The third-order valence-electron chi connectivity index (χ3n) is 7.82. The van der Waals surface area contributed by atoms with Crippen molar-refractivity contribution in [2.24, 2.45) is 5.92 Å².